The van der Waals surface area contributed by atoms with Gasteiger partial charge in [-0.2, -0.15) is 13.2 Å². The molecule has 2 aromatic carbocycles. The molecule has 0 atom stereocenters. The molecule has 23 heavy (non-hydrogen) atoms. The number of hydrogen-bond donors (Lipinski definition) is 1. The van der Waals surface area contributed by atoms with Crippen LogP contribution in [0.15, 0.2) is 53.3 Å². The van der Waals surface area contributed by atoms with Gasteiger partial charge in [-0.3, -0.25) is 4.79 Å². The lowest BCUT2D eigenvalue weighted by Crippen LogP contribution is -2.14. The fourth-order valence-electron chi connectivity index (χ4n) is 2.14. The summed E-state index contributed by atoms with van der Waals surface area (Å²) in [6.45, 7) is 0. The van der Waals surface area contributed by atoms with E-state index in [1.807, 2.05) is 0 Å². The number of rotatable bonds is 3. The van der Waals surface area contributed by atoms with Gasteiger partial charge in [-0.05, 0) is 42.0 Å². The Morgan fingerprint density at radius 3 is 2.57 bits per heavy atom. The summed E-state index contributed by atoms with van der Waals surface area (Å²) in [4.78, 5) is 15.9. The number of carbonyl (C=O) groups excluding carboxylic acids is 1. The van der Waals surface area contributed by atoms with E-state index < -0.39 is 11.7 Å². The molecule has 3 rings (SSSR count). The van der Waals surface area contributed by atoms with Gasteiger partial charge in [-0.15, -0.1) is 0 Å². The van der Waals surface area contributed by atoms with Crippen LogP contribution in [0, 0.1) is 0 Å². The van der Waals surface area contributed by atoms with Crippen molar-refractivity contribution in [3.63, 3.8) is 0 Å². The summed E-state index contributed by atoms with van der Waals surface area (Å²) in [5.41, 5.74) is 1.54. The number of hydrogen-bond acceptors (Lipinski definition) is 3. The molecule has 1 heterocycles. The van der Waals surface area contributed by atoms with Crippen LogP contribution >= 0.6 is 0 Å². The van der Waals surface area contributed by atoms with Crippen LogP contribution in [-0.4, -0.2) is 10.9 Å². The van der Waals surface area contributed by atoms with Gasteiger partial charge >= 0.3 is 6.18 Å². The minimum absolute atomic E-state index is 0.0810. The normalized spacial score (nSPS) is 11.6. The number of carbonyl (C=O) groups is 1. The first-order valence-electron chi connectivity index (χ1n) is 6.71. The van der Waals surface area contributed by atoms with Crippen molar-refractivity contribution in [2.45, 2.75) is 12.6 Å². The summed E-state index contributed by atoms with van der Waals surface area (Å²) in [7, 11) is 0. The number of halogens is 3. The molecule has 4 nitrogen and oxygen atoms in total. The van der Waals surface area contributed by atoms with Crippen molar-refractivity contribution in [2.24, 2.45) is 0 Å². The van der Waals surface area contributed by atoms with Crippen LogP contribution < -0.4 is 5.32 Å². The van der Waals surface area contributed by atoms with Gasteiger partial charge in [0.2, 0.25) is 5.91 Å². The van der Waals surface area contributed by atoms with Crippen LogP contribution in [0.2, 0.25) is 0 Å². The zero-order chi connectivity index (χ0) is 16.4. The molecule has 3 aromatic rings. The Kier molecular flexibility index (Phi) is 3.77. The third-order valence-corrected chi connectivity index (χ3v) is 3.26. The van der Waals surface area contributed by atoms with Gasteiger partial charge in [-0.25, -0.2) is 4.98 Å². The summed E-state index contributed by atoms with van der Waals surface area (Å²) in [5, 5.41) is 2.56. The molecule has 0 saturated heterocycles. The molecule has 7 heteroatoms. The minimum Gasteiger partial charge on any atom is -0.443 e. The van der Waals surface area contributed by atoms with E-state index in [1.165, 1.54) is 18.5 Å². The van der Waals surface area contributed by atoms with Gasteiger partial charge < -0.3 is 9.73 Å². The second-order valence-corrected chi connectivity index (χ2v) is 4.95. The average Bonchev–Trinajstić information content (AvgIpc) is 2.94. The maximum Gasteiger partial charge on any atom is 0.416 e. The number of amides is 1. The maximum atomic E-state index is 12.5. The summed E-state index contributed by atoms with van der Waals surface area (Å²) >= 11 is 0. The summed E-state index contributed by atoms with van der Waals surface area (Å²) < 4.78 is 42.6. The molecule has 0 aliphatic heterocycles. The van der Waals surface area contributed by atoms with Crippen LogP contribution in [0.3, 0.4) is 0 Å². The molecule has 1 amide bonds. The first kappa shape index (κ1) is 15.1. The number of nitrogens with one attached hydrogen (secondary N) is 1. The third-order valence-electron chi connectivity index (χ3n) is 3.26. The molecule has 0 aliphatic carbocycles. The Bertz CT molecular complexity index is 838. The molecule has 0 spiro atoms. The first-order valence-corrected chi connectivity index (χ1v) is 6.71. The second kappa shape index (κ2) is 5.75. The highest BCUT2D eigenvalue weighted by molar-refractivity contribution is 5.92. The number of oxazole rings is 1. The molecule has 1 aromatic heterocycles. The largest absolute Gasteiger partial charge is 0.443 e. The second-order valence-electron chi connectivity index (χ2n) is 4.95. The van der Waals surface area contributed by atoms with Crippen LogP contribution in [0.4, 0.5) is 18.9 Å². The molecule has 0 unspecified atom stereocenters. The van der Waals surface area contributed by atoms with Crippen molar-refractivity contribution in [3.8, 4) is 0 Å². The summed E-state index contributed by atoms with van der Waals surface area (Å²) in [6.07, 6.45) is -3.00. The number of nitrogens with zero attached hydrogens (tertiary/aromatic N) is 1. The first-order chi connectivity index (χ1) is 10.9. The van der Waals surface area contributed by atoms with Crippen molar-refractivity contribution in [3.05, 3.63) is 60.0 Å². The van der Waals surface area contributed by atoms with Crippen molar-refractivity contribution >= 4 is 22.7 Å². The molecule has 0 radical (unpaired) electrons. The fourth-order valence-corrected chi connectivity index (χ4v) is 2.14. The van der Waals surface area contributed by atoms with E-state index in [1.54, 1.807) is 18.2 Å². The molecule has 0 saturated carbocycles. The highest BCUT2D eigenvalue weighted by Crippen LogP contribution is 2.29. The van der Waals surface area contributed by atoms with Gasteiger partial charge in [0.1, 0.15) is 5.52 Å². The molecule has 0 aliphatic rings. The van der Waals surface area contributed by atoms with Gasteiger partial charge in [0.05, 0.1) is 12.0 Å². The van der Waals surface area contributed by atoms with Gasteiger partial charge in [0.25, 0.3) is 0 Å². The lowest BCUT2D eigenvalue weighted by atomic mass is 10.1. The van der Waals surface area contributed by atoms with E-state index in [4.69, 9.17) is 4.42 Å². The van der Waals surface area contributed by atoms with Crippen LogP contribution in [0.25, 0.3) is 11.1 Å². The standard InChI is InChI=1S/C16H11F3N2O2/c17-16(18,19)11-2-4-12(5-3-11)21-15(22)8-10-1-6-13-14(7-10)23-9-20-13/h1-7,9H,8H2,(H,21,22). The van der Waals surface area contributed by atoms with E-state index in [2.05, 4.69) is 10.3 Å². The quantitative estimate of drug-likeness (QED) is 0.793. The summed E-state index contributed by atoms with van der Waals surface area (Å²) in [5.74, 6) is -0.330. The smallest absolute Gasteiger partial charge is 0.416 e. The molecule has 0 bridgehead atoms. The lowest BCUT2D eigenvalue weighted by molar-refractivity contribution is -0.137. The monoisotopic (exact) mass is 320 g/mol. The number of benzene rings is 2. The lowest BCUT2D eigenvalue weighted by Gasteiger charge is -2.09. The maximum absolute atomic E-state index is 12.5. The average molecular weight is 320 g/mol. The zero-order valence-electron chi connectivity index (χ0n) is 11.7. The van der Waals surface area contributed by atoms with E-state index in [-0.39, 0.29) is 12.3 Å². The Labute approximate surface area is 128 Å². The Hall–Kier alpha value is -2.83. The van der Waals surface area contributed by atoms with Crippen molar-refractivity contribution in [1.29, 1.82) is 0 Å². The number of anilines is 1. The Balaban J connectivity index is 1.66. The SMILES string of the molecule is O=C(Cc1ccc2ncoc2c1)Nc1ccc(C(F)(F)F)cc1. The highest BCUT2D eigenvalue weighted by atomic mass is 19.4. The van der Waals surface area contributed by atoms with E-state index in [0.29, 0.717) is 16.8 Å². The van der Waals surface area contributed by atoms with Crippen molar-refractivity contribution in [2.75, 3.05) is 5.32 Å². The van der Waals surface area contributed by atoms with Crippen molar-refractivity contribution in [1.82, 2.24) is 4.98 Å². The van der Waals surface area contributed by atoms with Crippen LogP contribution in [-0.2, 0) is 17.4 Å². The van der Waals surface area contributed by atoms with Gasteiger partial charge in [-0.1, -0.05) is 6.07 Å². The number of aromatic nitrogens is 1. The van der Waals surface area contributed by atoms with Crippen molar-refractivity contribution < 1.29 is 22.4 Å². The van der Waals surface area contributed by atoms with Gasteiger partial charge in [0.15, 0.2) is 12.0 Å². The van der Waals surface area contributed by atoms with Crippen LogP contribution in [0.1, 0.15) is 11.1 Å². The van der Waals surface area contributed by atoms with E-state index in [0.717, 1.165) is 17.7 Å². The summed E-state index contributed by atoms with van der Waals surface area (Å²) in [6, 6.07) is 9.48. The fraction of sp³-hybridized carbons (Fsp3) is 0.125. The number of fused-ring (bicyclic) bond motifs is 1. The highest BCUT2D eigenvalue weighted by Gasteiger charge is 2.29. The molecule has 1 N–H and O–H groups in total. The molecule has 0 fully saturated rings. The Morgan fingerprint density at radius 1 is 1.13 bits per heavy atom. The predicted octanol–water partition coefficient (Wildman–Crippen LogP) is 4.03. The third kappa shape index (κ3) is 3.50. The minimum atomic E-state index is -4.39. The molecular formula is C16H11F3N2O2. The Morgan fingerprint density at radius 2 is 1.87 bits per heavy atom. The predicted molar refractivity (Wildman–Crippen MR) is 77.8 cm³/mol. The molecule has 118 valence electrons. The topological polar surface area (TPSA) is 55.1 Å². The van der Waals surface area contributed by atoms with E-state index >= 15 is 0 Å². The van der Waals surface area contributed by atoms with Gasteiger partial charge in [0, 0.05) is 5.69 Å². The van der Waals surface area contributed by atoms with Crippen LogP contribution in [0.5, 0.6) is 0 Å². The number of alkyl halides is 3. The molecular weight excluding hydrogens is 309 g/mol. The van der Waals surface area contributed by atoms with E-state index in [9.17, 15) is 18.0 Å². The zero-order valence-corrected chi connectivity index (χ0v) is 11.7.